The molecule has 2 aliphatic rings. The molecule has 9 rings (SSSR count). The molecule has 0 saturated heterocycles. The Morgan fingerprint density at radius 1 is 0.475 bits per heavy atom. The number of aryl methyl sites for hydroxylation is 1. The number of ether oxygens (including phenoxy) is 1. The summed E-state index contributed by atoms with van der Waals surface area (Å²) in [5.41, 5.74) is 11.8. The molecule has 0 atom stereocenters. The van der Waals surface area contributed by atoms with Crippen LogP contribution < -0.4 is 4.74 Å². The highest BCUT2D eigenvalue weighted by molar-refractivity contribution is 6.10. The van der Waals surface area contributed by atoms with Crippen molar-refractivity contribution >= 4 is 38.4 Å². The third-order valence-electron chi connectivity index (χ3n) is 9.96. The van der Waals surface area contributed by atoms with Gasteiger partial charge in [-0.25, -0.2) is 0 Å². The van der Waals surface area contributed by atoms with E-state index >= 15 is 0 Å². The molecule has 0 N–H and O–H groups in total. The van der Waals surface area contributed by atoms with Crippen molar-refractivity contribution in [2.24, 2.45) is 0 Å². The second kappa shape index (κ2) is 28.4. The van der Waals surface area contributed by atoms with E-state index in [1.54, 1.807) is 7.11 Å². The Morgan fingerprint density at radius 2 is 0.934 bits per heavy atom. The molecule has 2 aliphatic carbocycles. The van der Waals surface area contributed by atoms with Crippen LogP contribution in [0.15, 0.2) is 127 Å². The van der Waals surface area contributed by atoms with E-state index in [2.05, 4.69) is 161 Å². The number of allylic oxidation sites excluding steroid dienone is 1. The average molecular weight is 817 g/mol. The Bertz CT molecular complexity index is 2350. The quantitative estimate of drug-likeness (QED) is 0.168. The van der Waals surface area contributed by atoms with Crippen LogP contribution in [0.1, 0.15) is 152 Å². The van der Waals surface area contributed by atoms with Crippen molar-refractivity contribution < 1.29 is 4.74 Å². The highest BCUT2D eigenvalue weighted by atomic mass is 16.5. The van der Waals surface area contributed by atoms with Gasteiger partial charge in [-0.15, -0.1) is 0 Å². The van der Waals surface area contributed by atoms with Gasteiger partial charge in [0.1, 0.15) is 5.75 Å². The fourth-order valence-electron chi connectivity index (χ4n) is 7.44. The molecule has 1 fully saturated rings. The zero-order valence-corrected chi connectivity index (χ0v) is 40.9. The first-order valence-electron chi connectivity index (χ1n) is 24.0. The second-order valence-corrected chi connectivity index (χ2v) is 14.1. The monoisotopic (exact) mass is 817 g/mol. The molecule has 0 unspecified atom stereocenters. The van der Waals surface area contributed by atoms with Crippen molar-refractivity contribution in [2.45, 2.75) is 141 Å². The van der Waals surface area contributed by atoms with Crippen molar-refractivity contribution in [3.05, 3.63) is 144 Å². The standard InChI is InChI=1S/C44H34O.2C3H8.5C2H6/c1-45-42-23-19-38-27-36(34-15-11-29-7-3-5-9-32(29)25-34)17-21-41(38)44(42)43-39(30-12-13-30)22-18-37-26-35(16-20-40(37)43)33-14-10-28-6-2-4-8-31(28)24-33;2*1-3-2;5*1-2/h2-3,5-7,9-11,14-27,30H,4,8,12-13H2,1H3;2*3H2,1-2H3;5*1-2H3. The minimum absolute atomic E-state index is 0.606. The predicted octanol–water partition coefficient (Wildman–Crippen LogP) is 20.0. The summed E-state index contributed by atoms with van der Waals surface area (Å²) in [6.45, 7) is 28.5. The van der Waals surface area contributed by atoms with Gasteiger partial charge < -0.3 is 4.74 Å². The summed E-state index contributed by atoms with van der Waals surface area (Å²) in [5, 5.41) is 7.58. The molecule has 1 saturated carbocycles. The third kappa shape index (κ3) is 13.2. The van der Waals surface area contributed by atoms with Crippen LogP contribution in [0.4, 0.5) is 0 Å². The van der Waals surface area contributed by atoms with Crippen molar-refractivity contribution in [1.29, 1.82) is 0 Å². The Balaban J connectivity index is 0.000000716. The van der Waals surface area contributed by atoms with E-state index in [1.807, 2.05) is 69.2 Å². The second-order valence-electron chi connectivity index (χ2n) is 14.1. The molecule has 326 valence electrons. The Hall–Kier alpha value is -5.14. The molecule has 0 bridgehead atoms. The lowest BCUT2D eigenvalue weighted by Gasteiger charge is -2.19. The number of rotatable bonds is 5. The molecule has 0 aromatic heterocycles. The van der Waals surface area contributed by atoms with Crippen LogP contribution >= 0.6 is 0 Å². The topological polar surface area (TPSA) is 9.23 Å². The first-order chi connectivity index (χ1) is 30.1. The summed E-state index contributed by atoms with van der Waals surface area (Å²) in [7, 11) is 1.80. The summed E-state index contributed by atoms with van der Waals surface area (Å²) in [6, 6.07) is 45.4. The van der Waals surface area contributed by atoms with Gasteiger partial charge in [-0.3, -0.25) is 0 Å². The van der Waals surface area contributed by atoms with Crippen LogP contribution in [0.3, 0.4) is 0 Å². The lowest BCUT2D eigenvalue weighted by molar-refractivity contribution is 0.417. The molecular formula is C60H80O. The fraction of sp³-hybridized carbons (Fsp3) is 0.367. The SMILES string of the molecule is CC.CC.CC.CC.CC.CCC.CCC.COc1ccc2cc(-c3ccc4ccccc4c3)ccc2c1-c1c(C2CC2)ccc2cc(-c3ccc4c(c3)CCC=C4)ccc12. The van der Waals surface area contributed by atoms with Crippen LogP contribution in [0, 0.1) is 0 Å². The van der Waals surface area contributed by atoms with Crippen molar-refractivity contribution in [1.82, 2.24) is 0 Å². The van der Waals surface area contributed by atoms with Crippen LogP contribution in [0.5, 0.6) is 5.75 Å². The summed E-state index contributed by atoms with van der Waals surface area (Å²) >= 11 is 0. The lowest BCUT2D eigenvalue weighted by atomic mass is 9.86. The summed E-state index contributed by atoms with van der Waals surface area (Å²) in [4.78, 5) is 0. The van der Waals surface area contributed by atoms with E-state index in [-0.39, 0.29) is 0 Å². The van der Waals surface area contributed by atoms with Gasteiger partial charge in [0.15, 0.2) is 0 Å². The van der Waals surface area contributed by atoms with Gasteiger partial charge in [-0.1, -0.05) is 219 Å². The van der Waals surface area contributed by atoms with Crippen molar-refractivity contribution in [3.63, 3.8) is 0 Å². The van der Waals surface area contributed by atoms with Gasteiger partial charge in [0, 0.05) is 5.56 Å². The number of benzene rings is 7. The van der Waals surface area contributed by atoms with Crippen LogP contribution in [-0.2, 0) is 6.42 Å². The minimum atomic E-state index is 0.606. The molecule has 7 aromatic rings. The molecule has 0 heterocycles. The molecule has 0 spiro atoms. The van der Waals surface area contributed by atoms with Gasteiger partial charge in [0.25, 0.3) is 0 Å². The Kier molecular flexibility index (Phi) is 24.2. The highest BCUT2D eigenvalue weighted by Crippen LogP contribution is 2.51. The first-order valence-corrected chi connectivity index (χ1v) is 24.0. The molecule has 0 radical (unpaired) electrons. The van der Waals surface area contributed by atoms with Gasteiger partial charge >= 0.3 is 0 Å². The van der Waals surface area contributed by atoms with Gasteiger partial charge in [0.2, 0.25) is 0 Å². The van der Waals surface area contributed by atoms with E-state index in [0.717, 1.165) is 18.6 Å². The average Bonchev–Trinajstić information content (AvgIpc) is 4.20. The Morgan fingerprint density at radius 3 is 1.49 bits per heavy atom. The van der Waals surface area contributed by atoms with Crippen LogP contribution in [0.25, 0.3) is 71.8 Å². The van der Waals surface area contributed by atoms with Crippen LogP contribution in [0.2, 0.25) is 0 Å². The summed E-state index contributed by atoms with van der Waals surface area (Å²) < 4.78 is 6.12. The maximum Gasteiger partial charge on any atom is 0.127 e. The number of methoxy groups -OCH3 is 1. The van der Waals surface area contributed by atoms with Gasteiger partial charge in [0.05, 0.1) is 7.11 Å². The third-order valence-corrected chi connectivity index (χ3v) is 9.96. The summed E-state index contributed by atoms with van der Waals surface area (Å²) in [6.07, 6.45) is 11.8. The number of fused-ring (bicyclic) bond motifs is 4. The van der Waals surface area contributed by atoms with E-state index < -0.39 is 0 Å². The molecule has 1 heteroatoms. The summed E-state index contributed by atoms with van der Waals surface area (Å²) in [5.74, 6) is 1.54. The largest absolute Gasteiger partial charge is 0.496 e. The smallest absolute Gasteiger partial charge is 0.127 e. The maximum atomic E-state index is 6.12. The molecule has 0 amide bonds. The van der Waals surface area contributed by atoms with Crippen molar-refractivity contribution in [3.8, 4) is 39.1 Å². The highest BCUT2D eigenvalue weighted by Gasteiger charge is 2.29. The lowest BCUT2D eigenvalue weighted by Crippen LogP contribution is -1.96. The number of hydrogen-bond acceptors (Lipinski definition) is 1. The first kappa shape index (κ1) is 52.0. The van der Waals surface area contributed by atoms with E-state index in [0.29, 0.717) is 5.92 Å². The number of hydrogen-bond donors (Lipinski definition) is 0. The normalized spacial score (nSPS) is 11.6. The maximum absolute atomic E-state index is 6.12. The van der Waals surface area contributed by atoms with E-state index in [9.17, 15) is 0 Å². The molecule has 7 aromatic carbocycles. The minimum Gasteiger partial charge on any atom is -0.496 e. The van der Waals surface area contributed by atoms with Crippen molar-refractivity contribution in [2.75, 3.05) is 7.11 Å². The Labute approximate surface area is 373 Å². The van der Waals surface area contributed by atoms with Gasteiger partial charge in [-0.2, -0.15) is 0 Å². The zero-order chi connectivity index (χ0) is 45.3. The fourth-order valence-corrected chi connectivity index (χ4v) is 7.44. The predicted molar refractivity (Wildman–Crippen MR) is 280 cm³/mol. The molecule has 61 heavy (non-hydrogen) atoms. The van der Waals surface area contributed by atoms with Crippen LogP contribution in [-0.4, -0.2) is 7.11 Å². The molecule has 1 nitrogen and oxygen atoms in total. The zero-order valence-electron chi connectivity index (χ0n) is 40.9. The van der Waals surface area contributed by atoms with E-state index in [4.69, 9.17) is 4.74 Å². The molecular weight excluding hydrogens is 737 g/mol. The molecule has 0 aliphatic heterocycles. The van der Waals surface area contributed by atoms with Gasteiger partial charge in [-0.05, 0) is 133 Å². The van der Waals surface area contributed by atoms with E-state index in [1.165, 1.54) is 108 Å².